The van der Waals surface area contributed by atoms with Gasteiger partial charge >= 0.3 is 0 Å². The standard InChI is InChI=1S/C19H16N2O3S3/c22-19(13-26-16-7-5-15(6-8-16)21(23)24)20-17-3-1-2-4-18(17)27-12-14-9-10-25-11-14/h1-11H,12-13H2,(H,20,22). The molecule has 0 saturated carbocycles. The van der Waals surface area contributed by atoms with Crippen LogP contribution in [0.2, 0.25) is 0 Å². The number of nitrogens with zero attached hydrogens (tertiary/aromatic N) is 1. The van der Waals surface area contributed by atoms with Gasteiger partial charge in [0.05, 0.1) is 16.4 Å². The highest BCUT2D eigenvalue weighted by Gasteiger charge is 2.09. The molecule has 0 unspecified atom stereocenters. The summed E-state index contributed by atoms with van der Waals surface area (Å²) in [7, 11) is 0. The van der Waals surface area contributed by atoms with E-state index in [9.17, 15) is 14.9 Å². The van der Waals surface area contributed by atoms with Crippen LogP contribution in [0.15, 0.2) is 75.1 Å². The van der Waals surface area contributed by atoms with Crippen LogP contribution in [0.4, 0.5) is 11.4 Å². The van der Waals surface area contributed by atoms with E-state index in [1.54, 1.807) is 35.2 Å². The quantitative estimate of drug-likeness (QED) is 0.291. The molecule has 1 amide bonds. The lowest BCUT2D eigenvalue weighted by atomic mass is 10.3. The zero-order chi connectivity index (χ0) is 19.1. The van der Waals surface area contributed by atoms with E-state index >= 15 is 0 Å². The molecule has 5 nitrogen and oxygen atoms in total. The number of hydrogen-bond donors (Lipinski definition) is 1. The van der Waals surface area contributed by atoms with Crippen molar-refractivity contribution in [2.75, 3.05) is 11.1 Å². The number of hydrogen-bond acceptors (Lipinski definition) is 6. The fourth-order valence-electron chi connectivity index (χ4n) is 2.23. The van der Waals surface area contributed by atoms with Crippen molar-refractivity contribution in [3.63, 3.8) is 0 Å². The number of rotatable bonds is 8. The number of thiophene rings is 1. The molecule has 0 radical (unpaired) electrons. The minimum absolute atomic E-state index is 0.0420. The second-order valence-electron chi connectivity index (χ2n) is 5.50. The normalized spacial score (nSPS) is 10.5. The molecule has 138 valence electrons. The maximum atomic E-state index is 12.3. The molecule has 0 saturated heterocycles. The van der Waals surface area contributed by atoms with Crippen molar-refractivity contribution in [1.29, 1.82) is 0 Å². The van der Waals surface area contributed by atoms with E-state index in [1.807, 2.05) is 24.3 Å². The number of benzene rings is 2. The zero-order valence-corrected chi connectivity index (χ0v) is 16.6. The van der Waals surface area contributed by atoms with Gasteiger partial charge in [-0.05, 0) is 46.7 Å². The van der Waals surface area contributed by atoms with E-state index in [1.165, 1.54) is 29.5 Å². The van der Waals surface area contributed by atoms with Crippen LogP contribution in [-0.4, -0.2) is 16.6 Å². The first-order chi connectivity index (χ1) is 13.1. The fraction of sp³-hybridized carbons (Fsp3) is 0.105. The molecular formula is C19H16N2O3S3. The highest BCUT2D eigenvalue weighted by Crippen LogP contribution is 2.30. The van der Waals surface area contributed by atoms with Crippen molar-refractivity contribution in [3.05, 3.63) is 81.0 Å². The molecule has 27 heavy (non-hydrogen) atoms. The molecule has 0 bridgehead atoms. The Morgan fingerprint density at radius 3 is 2.56 bits per heavy atom. The van der Waals surface area contributed by atoms with Crippen LogP contribution < -0.4 is 5.32 Å². The van der Waals surface area contributed by atoms with Gasteiger partial charge in [-0.25, -0.2) is 0 Å². The summed E-state index contributed by atoms with van der Waals surface area (Å²) < 4.78 is 0. The minimum Gasteiger partial charge on any atom is -0.324 e. The van der Waals surface area contributed by atoms with E-state index in [4.69, 9.17) is 0 Å². The largest absolute Gasteiger partial charge is 0.324 e. The van der Waals surface area contributed by atoms with Crippen molar-refractivity contribution in [2.24, 2.45) is 0 Å². The van der Waals surface area contributed by atoms with Gasteiger partial charge in [-0.15, -0.1) is 23.5 Å². The van der Waals surface area contributed by atoms with Crippen LogP contribution in [0, 0.1) is 10.1 Å². The topological polar surface area (TPSA) is 72.2 Å². The number of thioether (sulfide) groups is 2. The van der Waals surface area contributed by atoms with Gasteiger partial charge in [0.2, 0.25) is 5.91 Å². The number of amides is 1. The number of anilines is 1. The van der Waals surface area contributed by atoms with Gasteiger partial charge in [-0.1, -0.05) is 12.1 Å². The van der Waals surface area contributed by atoms with Crippen LogP contribution in [-0.2, 0) is 10.5 Å². The van der Waals surface area contributed by atoms with Crippen LogP contribution in [0.5, 0.6) is 0 Å². The van der Waals surface area contributed by atoms with Crippen LogP contribution >= 0.6 is 34.9 Å². The van der Waals surface area contributed by atoms with Gasteiger partial charge in [0.15, 0.2) is 0 Å². The third-order valence-electron chi connectivity index (χ3n) is 3.55. The molecule has 0 aliphatic carbocycles. The first-order valence-electron chi connectivity index (χ1n) is 8.02. The summed E-state index contributed by atoms with van der Waals surface area (Å²) in [6.45, 7) is 0. The summed E-state index contributed by atoms with van der Waals surface area (Å²) in [6, 6.07) is 16.0. The van der Waals surface area contributed by atoms with E-state index in [2.05, 4.69) is 22.1 Å². The fourth-order valence-corrected chi connectivity index (χ4v) is 4.65. The SMILES string of the molecule is O=C(CSc1ccc([N+](=O)[O-])cc1)Nc1ccccc1SCc1ccsc1. The van der Waals surface area contributed by atoms with Crippen LogP contribution in [0.1, 0.15) is 5.56 Å². The monoisotopic (exact) mass is 416 g/mol. The molecule has 8 heteroatoms. The molecule has 0 spiro atoms. The lowest BCUT2D eigenvalue weighted by Gasteiger charge is -2.10. The lowest BCUT2D eigenvalue weighted by Crippen LogP contribution is -2.14. The Morgan fingerprint density at radius 2 is 1.85 bits per heavy atom. The second-order valence-corrected chi connectivity index (χ2v) is 8.35. The zero-order valence-electron chi connectivity index (χ0n) is 14.2. The number of nitro benzene ring substituents is 1. The van der Waals surface area contributed by atoms with Gasteiger partial charge in [0, 0.05) is 27.7 Å². The summed E-state index contributed by atoms with van der Waals surface area (Å²) >= 11 is 4.71. The molecule has 3 aromatic rings. The minimum atomic E-state index is -0.439. The summed E-state index contributed by atoms with van der Waals surface area (Å²) in [5, 5.41) is 17.8. The Hall–Kier alpha value is -2.29. The van der Waals surface area contributed by atoms with Crippen molar-refractivity contribution >= 4 is 52.1 Å². The Labute approximate surface area is 169 Å². The Morgan fingerprint density at radius 1 is 1.07 bits per heavy atom. The predicted molar refractivity (Wildman–Crippen MR) is 113 cm³/mol. The summed E-state index contributed by atoms with van der Waals surface area (Å²) in [5.74, 6) is 0.983. The summed E-state index contributed by atoms with van der Waals surface area (Å²) in [4.78, 5) is 24.4. The van der Waals surface area contributed by atoms with Crippen molar-refractivity contribution in [2.45, 2.75) is 15.5 Å². The Bertz CT molecular complexity index is 912. The highest BCUT2D eigenvalue weighted by molar-refractivity contribution is 8.00. The molecule has 0 fully saturated rings. The van der Waals surface area contributed by atoms with Crippen molar-refractivity contribution in [3.8, 4) is 0 Å². The summed E-state index contributed by atoms with van der Waals surface area (Å²) in [6.07, 6.45) is 0. The molecule has 0 aliphatic rings. The van der Waals surface area contributed by atoms with E-state index in [0.29, 0.717) is 0 Å². The van der Waals surface area contributed by atoms with Gasteiger partial charge in [-0.2, -0.15) is 11.3 Å². The third-order valence-corrected chi connectivity index (χ3v) is 6.44. The average molecular weight is 417 g/mol. The number of carbonyl (C=O) groups excluding carboxylic acids is 1. The molecule has 0 atom stereocenters. The van der Waals surface area contributed by atoms with Crippen LogP contribution in [0.3, 0.4) is 0 Å². The second kappa shape index (κ2) is 9.59. The van der Waals surface area contributed by atoms with Gasteiger partial charge in [0.1, 0.15) is 0 Å². The lowest BCUT2D eigenvalue weighted by molar-refractivity contribution is -0.384. The molecular weight excluding hydrogens is 400 g/mol. The molecule has 0 aliphatic heterocycles. The Balaban J connectivity index is 1.55. The average Bonchev–Trinajstić information content (AvgIpc) is 3.19. The molecule has 1 aromatic heterocycles. The van der Waals surface area contributed by atoms with E-state index < -0.39 is 4.92 Å². The maximum Gasteiger partial charge on any atom is 0.269 e. The third kappa shape index (κ3) is 5.85. The Kier molecular flexibility index (Phi) is 6.92. The number of para-hydroxylation sites is 1. The number of carbonyl (C=O) groups is 1. The number of non-ortho nitro benzene ring substituents is 1. The van der Waals surface area contributed by atoms with Crippen LogP contribution in [0.25, 0.3) is 0 Å². The molecule has 1 N–H and O–H groups in total. The van der Waals surface area contributed by atoms with E-state index in [0.717, 1.165) is 21.2 Å². The highest BCUT2D eigenvalue weighted by atomic mass is 32.2. The number of nitrogens with one attached hydrogen (secondary N) is 1. The number of nitro groups is 1. The smallest absolute Gasteiger partial charge is 0.269 e. The maximum absolute atomic E-state index is 12.3. The van der Waals surface area contributed by atoms with Gasteiger partial charge < -0.3 is 5.32 Å². The van der Waals surface area contributed by atoms with Gasteiger partial charge in [-0.3, -0.25) is 14.9 Å². The molecule has 1 heterocycles. The van der Waals surface area contributed by atoms with Crippen molar-refractivity contribution < 1.29 is 9.72 Å². The first kappa shape index (κ1) is 19.5. The predicted octanol–water partition coefficient (Wildman–Crippen LogP) is 5.68. The summed E-state index contributed by atoms with van der Waals surface area (Å²) in [5.41, 5.74) is 2.10. The molecule has 2 aromatic carbocycles. The molecule has 3 rings (SSSR count). The van der Waals surface area contributed by atoms with Crippen molar-refractivity contribution in [1.82, 2.24) is 0 Å². The first-order valence-corrected chi connectivity index (χ1v) is 10.9. The van der Waals surface area contributed by atoms with Gasteiger partial charge in [0.25, 0.3) is 5.69 Å². The van der Waals surface area contributed by atoms with E-state index in [-0.39, 0.29) is 17.3 Å².